The Morgan fingerprint density at radius 3 is 2.59 bits per heavy atom. The minimum Gasteiger partial charge on any atom is -0.350 e. The molecule has 1 N–H and O–H groups in total. The van der Waals surface area contributed by atoms with Crippen LogP contribution in [0.1, 0.15) is 42.5 Å². The van der Waals surface area contributed by atoms with Crippen LogP contribution in [0.3, 0.4) is 0 Å². The summed E-state index contributed by atoms with van der Waals surface area (Å²) in [4.78, 5) is 17.2. The van der Waals surface area contributed by atoms with Gasteiger partial charge < -0.3 is 5.32 Å². The lowest BCUT2D eigenvalue weighted by Gasteiger charge is -2.09. The van der Waals surface area contributed by atoms with Crippen molar-refractivity contribution in [3.8, 4) is 11.3 Å². The largest absolute Gasteiger partial charge is 0.350 e. The number of carbonyl (C=O) groups excluding carboxylic acids is 1. The zero-order valence-electron chi connectivity index (χ0n) is 15.9. The lowest BCUT2D eigenvalue weighted by Crippen LogP contribution is -2.30. The molecule has 4 heteroatoms. The van der Waals surface area contributed by atoms with Crippen LogP contribution in [-0.4, -0.2) is 21.3 Å². The lowest BCUT2D eigenvalue weighted by atomic mass is 10.1. The summed E-state index contributed by atoms with van der Waals surface area (Å²) in [6.45, 7) is 4.13. The third kappa shape index (κ3) is 3.80. The van der Waals surface area contributed by atoms with E-state index >= 15 is 0 Å². The van der Waals surface area contributed by atoms with E-state index in [1.54, 1.807) is 6.08 Å². The maximum absolute atomic E-state index is 12.3. The van der Waals surface area contributed by atoms with Gasteiger partial charge in [0, 0.05) is 23.9 Å². The molecule has 2 heterocycles. The second-order valence-electron chi connectivity index (χ2n) is 7.47. The molecule has 2 aromatic heterocycles. The monoisotopic (exact) mass is 359 g/mol. The predicted molar refractivity (Wildman–Crippen MR) is 110 cm³/mol. The molecule has 1 aliphatic rings. The summed E-state index contributed by atoms with van der Waals surface area (Å²) in [6, 6.07) is 12.8. The molecule has 3 aromatic rings. The fourth-order valence-electron chi connectivity index (χ4n) is 3.72. The molecule has 0 saturated heterocycles. The van der Waals surface area contributed by atoms with Crippen molar-refractivity contribution in [1.82, 2.24) is 14.7 Å². The summed E-state index contributed by atoms with van der Waals surface area (Å²) in [5.41, 5.74) is 6.14. The van der Waals surface area contributed by atoms with Gasteiger partial charge in [-0.05, 0) is 50.5 Å². The predicted octanol–water partition coefficient (Wildman–Crippen LogP) is 4.69. The third-order valence-corrected chi connectivity index (χ3v) is 5.24. The van der Waals surface area contributed by atoms with Gasteiger partial charge in [-0.1, -0.05) is 42.7 Å². The number of carbonyl (C=O) groups is 1. The number of aromatic nitrogens is 2. The van der Waals surface area contributed by atoms with E-state index < -0.39 is 0 Å². The van der Waals surface area contributed by atoms with E-state index in [0.717, 1.165) is 41.0 Å². The van der Waals surface area contributed by atoms with Gasteiger partial charge in [0.15, 0.2) is 0 Å². The van der Waals surface area contributed by atoms with Crippen molar-refractivity contribution in [2.24, 2.45) is 0 Å². The van der Waals surface area contributed by atoms with E-state index in [1.807, 2.05) is 16.7 Å². The van der Waals surface area contributed by atoms with Gasteiger partial charge in [-0.25, -0.2) is 4.98 Å². The van der Waals surface area contributed by atoms with Crippen LogP contribution in [0.2, 0.25) is 0 Å². The molecule has 1 amide bonds. The Bertz CT molecular complexity index is 992. The van der Waals surface area contributed by atoms with Crippen LogP contribution in [0.5, 0.6) is 0 Å². The van der Waals surface area contributed by atoms with Gasteiger partial charge in [0.2, 0.25) is 5.91 Å². The Morgan fingerprint density at radius 2 is 1.85 bits per heavy atom. The van der Waals surface area contributed by atoms with Crippen LogP contribution in [0, 0.1) is 13.8 Å². The Labute approximate surface area is 159 Å². The minimum atomic E-state index is -0.0289. The fourth-order valence-corrected chi connectivity index (χ4v) is 3.72. The second kappa shape index (κ2) is 7.39. The number of amides is 1. The summed E-state index contributed by atoms with van der Waals surface area (Å²) in [5.74, 6) is -0.0289. The van der Waals surface area contributed by atoms with Crippen LogP contribution in [0.25, 0.3) is 23.0 Å². The number of nitrogens with zero attached hydrogens (tertiary/aromatic N) is 2. The van der Waals surface area contributed by atoms with E-state index in [4.69, 9.17) is 4.98 Å². The first kappa shape index (κ1) is 17.5. The fraction of sp³-hybridized carbons (Fsp3) is 0.304. The molecular weight excluding hydrogens is 334 g/mol. The Balaban J connectivity index is 1.70. The van der Waals surface area contributed by atoms with Crippen LogP contribution in [-0.2, 0) is 4.79 Å². The minimum absolute atomic E-state index is 0.0289. The standard InChI is InChI=1S/C23H25N3O/c1-16-7-9-18(10-8-16)23-20(26-14-13-17(2)15-21(26)25-23)11-12-22(27)24-19-5-3-4-6-19/h7-15,19H,3-6H2,1-2H3,(H,24,27)/b12-11+. The number of fused-ring (bicyclic) bond motifs is 1. The number of rotatable bonds is 4. The molecule has 0 atom stereocenters. The highest BCUT2D eigenvalue weighted by atomic mass is 16.1. The molecule has 0 radical (unpaired) electrons. The molecule has 0 spiro atoms. The third-order valence-electron chi connectivity index (χ3n) is 5.24. The molecule has 27 heavy (non-hydrogen) atoms. The van der Waals surface area contributed by atoms with Crippen LogP contribution < -0.4 is 5.32 Å². The van der Waals surface area contributed by atoms with Crippen molar-refractivity contribution in [1.29, 1.82) is 0 Å². The number of pyridine rings is 1. The van der Waals surface area contributed by atoms with Crippen molar-refractivity contribution in [3.63, 3.8) is 0 Å². The molecule has 1 fully saturated rings. The quantitative estimate of drug-likeness (QED) is 0.687. The molecule has 0 unspecified atom stereocenters. The number of aryl methyl sites for hydroxylation is 2. The lowest BCUT2D eigenvalue weighted by molar-refractivity contribution is -0.117. The first-order valence-electron chi connectivity index (χ1n) is 9.64. The molecule has 4 nitrogen and oxygen atoms in total. The van der Waals surface area contributed by atoms with Gasteiger partial charge in [0.25, 0.3) is 0 Å². The summed E-state index contributed by atoms with van der Waals surface area (Å²) in [7, 11) is 0. The summed E-state index contributed by atoms with van der Waals surface area (Å²) >= 11 is 0. The van der Waals surface area contributed by atoms with E-state index in [1.165, 1.54) is 18.4 Å². The van der Waals surface area contributed by atoms with Crippen LogP contribution in [0.15, 0.2) is 48.7 Å². The SMILES string of the molecule is Cc1ccc(-c2nc3cc(C)ccn3c2/C=C/C(=O)NC2CCCC2)cc1. The van der Waals surface area contributed by atoms with Crippen LogP contribution >= 0.6 is 0 Å². The number of benzene rings is 1. The summed E-state index contributed by atoms with van der Waals surface area (Å²) in [5, 5.41) is 3.11. The van der Waals surface area contributed by atoms with Crippen LogP contribution in [0.4, 0.5) is 0 Å². The van der Waals surface area contributed by atoms with E-state index in [2.05, 4.69) is 55.6 Å². The summed E-state index contributed by atoms with van der Waals surface area (Å²) < 4.78 is 2.04. The highest BCUT2D eigenvalue weighted by Crippen LogP contribution is 2.26. The van der Waals surface area contributed by atoms with Gasteiger partial charge >= 0.3 is 0 Å². The van der Waals surface area contributed by atoms with Gasteiger partial charge in [-0.15, -0.1) is 0 Å². The van der Waals surface area contributed by atoms with Gasteiger partial charge in [0.1, 0.15) is 5.65 Å². The molecule has 1 aromatic carbocycles. The van der Waals surface area contributed by atoms with Gasteiger partial charge in [-0.2, -0.15) is 0 Å². The smallest absolute Gasteiger partial charge is 0.244 e. The van der Waals surface area contributed by atoms with E-state index in [-0.39, 0.29) is 5.91 Å². The Morgan fingerprint density at radius 1 is 1.11 bits per heavy atom. The number of nitrogens with one attached hydrogen (secondary N) is 1. The molecule has 0 bridgehead atoms. The topological polar surface area (TPSA) is 46.4 Å². The van der Waals surface area contributed by atoms with Gasteiger partial charge in [0.05, 0.1) is 11.4 Å². The molecular formula is C23H25N3O. The van der Waals surface area contributed by atoms with E-state index in [9.17, 15) is 4.79 Å². The van der Waals surface area contributed by atoms with Crippen molar-refractivity contribution < 1.29 is 4.79 Å². The molecule has 1 saturated carbocycles. The highest BCUT2D eigenvalue weighted by molar-refractivity contribution is 5.93. The van der Waals surface area contributed by atoms with Crippen molar-refractivity contribution in [2.45, 2.75) is 45.6 Å². The molecule has 138 valence electrons. The van der Waals surface area contributed by atoms with Gasteiger partial charge in [-0.3, -0.25) is 9.20 Å². The van der Waals surface area contributed by atoms with Crippen molar-refractivity contribution in [3.05, 3.63) is 65.5 Å². The maximum Gasteiger partial charge on any atom is 0.244 e. The number of hydrogen-bond acceptors (Lipinski definition) is 2. The second-order valence-corrected chi connectivity index (χ2v) is 7.47. The Hall–Kier alpha value is -2.88. The average molecular weight is 359 g/mol. The first-order valence-corrected chi connectivity index (χ1v) is 9.64. The zero-order chi connectivity index (χ0) is 18.8. The maximum atomic E-state index is 12.3. The zero-order valence-corrected chi connectivity index (χ0v) is 15.9. The van der Waals surface area contributed by atoms with Crippen molar-refractivity contribution >= 4 is 17.6 Å². The molecule has 0 aliphatic heterocycles. The Kier molecular flexibility index (Phi) is 4.80. The highest BCUT2D eigenvalue weighted by Gasteiger charge is 2.16. The molecule has 4 rings (SSSR count). The van der Waals surface area contributed by atoms with E-state index in [0.29, 0.717) is 6.04 Å². The number of imidazole rings is 1. The average Bonchev–Trinajstić information content (AvgIpc) is 3.28. The molecule has 1 aliphatic carbocycles. The first-order chi connectivity index (χ1) is 13.1. The van der Waals surface area contributed by atoms with Crippen molar-refractivity contribution in [2.75, 3.05) is 0 Å². The summed E-state index contributed by atoms with van der Waals surface area (Å²) in [6.07, 6.45) is 10.1. The number of hydrogen-bond donors (Lipinski definition) is 1. The normalized spacial score (nSPS) is 15.0.